The highest BCUT2D eigenvalue weighted by Crippen LogP contribution is 2.28. The van der Waals surface area contributed by atoms with Crippen molar-refractivity contribution in [1.82, 2.24) is 10.2 Å². The molecule has 2 heterocycles. The molecule has 2 aromatic rings. The number of rotatable bonds is 3. The van der Waals surface area contributed by atoms with Crippen molar-refractivity contribution in [3.63, 3.8) is 0 Å². The average molecular weight is 393 g/mol. The van der Waals surface area contributed by atoms with Gasteiger partial charge in [0, 0.05) is 30.0 Å². The molecule has 6 heteroatoms. The molecular formula is C23H28N4O2. The molecule has 2 fully saturated rings. The highest BCUT2D eigenvalue weighted by molar-refractivity contribution is 6.02. The summed E-state index contributed by atoms with van der Waals surface area (Å²) < 4.78 is 0. The summed E-state index contributed by atoms with van der Waals surface area (Å²) in [6, 6.07) is 14.5. The molecule has 2 aliphatic rings. The number of amides is 3. The largest absolute Gasteiger partial charge is 0.339 e. The number of urea groups is 1. The third-order valence-corrected chi connectivity index (χ3v) is 6.07. The van der Waals surface area contributed by atoms with Crippen molar-refractivity contribution in [1.29, 1.82) is 0 Å². The van der Waals surface area contributed by atoms with Crippen molar-refractivity contribution in [2.24, 2.45) is 11.8 Å². The van der Waals surface area contributed by atoms with Crippen LogP contribution in [0.15, 0.2) is 48.5 Å². The monoisotopic (exact) mass is 392 g/mol. The van der Waals surface area contributed by atoms with Crippen LogP contribution >= 0.6 is 0 Å². The number of carbonyl (C=O) groups excluding carboxylic acids is 2. The Morgan fingerprint density at radius 3 is 2.34 bits per heavy atom. The number of benzene rings is 2. The standard InChI is InChI=1S/C23H28N4O2/c1-16-7-8-17(13-21(16)26-23(29)25-20-5-3-2-4-6-20)22(28)27-11-9-18-14-24-15-19(18)10-12-27/h2-8,13,18-19,24H,9-12,14-15H2,1H3,(H2,25,26,29)/t18-,19+. The fraction of sp³-hybridized carbons (Fsp3) is 0.391. The Morgan fingerprint density at radius 2 is 1.66 bits per heavy atom. The summed E-state index contributed by atoms with van der Waals surface area (Å²) in [7, 11) is 0. The Labute approximate surface area is 171 Å². The van der Waals surface area contributed by atoms with Crippen LogP contribution < -0.4 is 16.0 Å². The van der Waals surface area contributed by atoms with Crippen molar-refractivity contribution >= 4 is 23.3 Å². The van der Waals surface area contributed by atoms with Gasteiger partial charge in [-0.2, -0.15) is 0 Å². The Bertz CT molecular complexity index is 870. The number of aryl methyl sites for hydroxylation is 1. The third-order valence-electron chi connectivity index (χ3n) is 6.07. The molecule has 2 aromatic carbocycles. The number of anilines is 2. The summed E-state index contributed by atoms with van der Waals surface area (Å²) in [6.45, 7) is 5.66. The van der Waals surface area contributed by atoms with Gasteiger partial charge in [-0.25, -0.2) is 4.79 Å². The van der Waals surface area contributed by atoms with E-state index in [0.29, 0.717) is 23.1 Å². The molecule has 0 aromatic heterocycles. The Hall–Kier alpha value is -2.86. The van der Waals surface area contributed by atoms with Crippen LogP contribution in [-0.2, 0) is 0 Å². The molecule has 0 bridgehead atoms. The van der Waals surface area contributed by atoms with Gasteiger partial charge in [0.2, 0.25) is 0 Å². The molecule has 0 spiro atoms. The number of hydrogen-bond donors (Lipinski definition) is 3. The van der Waals surface area contributed by atoms with Crippen LogP contribution in [0.4, 0.5) is 16.2 Å². The van der Waals surface area contributed by atoms with E-state index < -0.39 is 0 Å². The molecule has 0 radical (unpaired) electrons. The first-order valence-electron chi connectivity index (χ1n) is 10.3. The Balaban J connectivity index is 1.43. The van der Waals surface area contributed by atoms with Crippen LogP contribution in [-0.4, -0.2) is 43.0 Å². The van der Waals surface area contributed by atoms with Crippen LogP contribution in [0.2, 0.25) is 0 Å². The number of carbonyl (C=O) groups is 2. The van der Waals surface area contributed by atoms with Crippen molar-refractivity contribution in [2.75, 3.05) is 36.8 Å². The first-order valence-corrected chi connectivity index (χ1v) is 10.3. The Morgan fingerprint density at radius 1 is 0.966 bits per heavy atom. The highest BCUT2D eigenvalue weighted by atomic mass is 16.2. The quantitative estimate of drug-likeness (QED) is 0.746. The maximum atomic E-state index is 13.1. The van der Waals surface area contributed by atoms with Gasteiger partial charge in [0.1, 0.15) is 0 Å². The number of nitrogens with zero attached hydrogens (tertiary/aromatic N) is 1. The van der Waals surface area contributed by atoms with E-state index in [1.54, 1.807) is 6.07 Å². The fourth-order valence-electron chi connectivity index (χ4n) is 4.30. The van der Waals surface area contributed by atoms with E-state index >= 15 is 0 Å². The molecule has 0 unspecified atom stereocenters. The summed E-state index contributed by atoms with van der Waals surface area (Å²) in [5.41, 5.74) is 2.91. The van der Waals surface area contributed by atoms with E-state index in [9.17, 15) is 9.59 Å². The molecule has 29 heavy (non-hydrogen) atoms. The van der Waals surface area contributed by atoms with Crippen molar-refractivity contribution in [3.05, 3.63) is 59.7 Å². The van der Waals surface area contributed by atoms with Gasteiger partial charge in [-0.15, -0.1) is 0 Å². The van der Waals surface area contributed by atoms with Crippen LogP contribution in [0.5, 0.6) is 0 Å². The van der Waals surface area contributed by atoms with E-state index in [1.165, 1.54) is 0 Å². The average Bonchev–Trinajstić information content (AvgIpc) is 3.08. The van der Waals surface area contributed by atoms with E-state index in [1.807, 2.05) is 54.3 Å². The fourth-order valence-corrected chi connectivity index (χ4v) is 4.30. The summed E-state index contributed by atoms with van der Waals surface area (Å²) in [5.74, 6) is 1.42. The summed E-state index contributed by atoms with van der Waals surface area (Å²) in [6.07, 6.45) is 2.11. The van der Waals surface area contributed by atoms with E-state index in [0.717, 1.165) is 50.3 Å². The number of hydrogen-bond acceptors (Lipinski definition) is 3. The molecule has 2 atom stereocenters. The first-order chi connectivity index (χ1) is 14.1. The summed E-state index contributed by atoms with van der Waals surface area (Å²) >= 11 is 0. The molecule has 2 saturated heterocycles. The minimum absolute atomic E-state index is 0.0458. The van der Waals surface area contributed by atoms with E-state index in [-0.39, 0.29) is 11.9 Å². The van der Waals surface area contributed by atoms with Crippen LogP contribution in [0.25, 0.3) is 0 Å². The number of fused-ring (bicyclic) bond motifs is 1. The molecule has 3 amide bonds. The molecule has 4 rings (SSSR count). The second-order valence-electron chi connectivity index (χ2n) is 8.02. The highest BCUT2D eigenvalue weighted by Gasteiger charge is 2.31. The second-order valence-corrected chi connectivity index (χ2v) is 8.02. The van der Waals surface area contributed by atoms with Gasteiger partial charge in [-0.05, 0) is 74.5 Å². The lowest BCUT2D eigenvalue weighted by Gasteiger charge is -2.21. The first kappa shape index (κ1) is 19.5. The lowest BCUT2D eigenvalue weighted by Crippen LogP contribution is -2.33. The van der Waals surface area contributed by atoms with E-state index in [2.05, 4.69) is 16.0 Å². The van der Waals surface area contributed by atoms with Crippen molar-refractivity contribution in [2.45, 2.75) is 19.8 Å². The minimum Gasteiger partial charge on any atom is -0.339 e. The topological polar surface area (TPSA) is 73.5 Å². The molecule has 0 saturated carbocycles. The molecule has 3 N–H and O–H groups in total. The second kappa shape index (κ2) is 8.66. The SMILES string of the molecule is Cc1ccc(C(=O)N2CC[C@@H]3CNC[C@@H]3CC2)cc1NC(=O)Nc1ccccc1. The predicted octanol–water partition coefficient (Wildman–Crippen LogP) is 3.71. The van der Waals surface area contributed by atoms with Gasteiger partial charge >= 0.3 is 6.03 Å². The smallest absolute Gasteiger partial charge is 0.323 e. The van der Waals surface area contributed by atoms with Crippen LogP contribution in [0.3, 0.4) is 0 Å². The summed E-state index contributed by atoms with van der Waals surface area (Å²) in [4.78, 5) is 27.4. The van der Waals surface area contributed by atoms with Crippen LogP contribution in [0, 0.1) is 18.8 Å². The van der Waals surface area contributed by atoms with Gasteiger partial charge in [-0.3, -0.25) is 4.79 Å². The zero-order valence-corrected chi connectivity index (χ0v) is 16.8. The predicted molar refractivity (Wildman–Crippen MR) is 115 cm³/mol. The van der Waals surface area contributed by atoms with Gasteiger partial charge in [0.05, 0.1) is 0 Å². The zero-order chi connectivity index (χ0) is 20.2. The lowest BCUT2D eigenvalue weighted by atomic mass is 9.92. The number of para-hydroxylation sites is 1. The van der Waals surface area contributed by atoms with Gasteiger partial charge in [0.25, 0.3) is 5.91 Å². The van der Waals surface area contributed by atoms with Gasteiger partial charge in [0.15, 0.2) is 0 Å². The summed E-state index contributed by atoms with van der Waals surface area (Å²) in [5, 5.41) is 9.15. The molecule has 0 aliphatic carbocycles. The van der Waals surface area contributed by atoms with Crippen LogP contribution in [0.1, 0.15) is 28.8 Å². The molecule has 2 aliphatic heterocycles. The molecular weight excluding hydrogens is 364 g/mol. The minimum atomic E-state index is -0.320. The molecule has 152 valence electrons. The Kier molecular flexibility index (Phi) is 5.81. The van der Waals surface area contributed by atoms with Crippen molar-refractivity contribution < 1.29 is 9.59 Å². The maximum Gasteiger partial charge on any atom is 0.323 e. The third kappa shape index (κ3) is 4.59. The zero-order valence-electron chi connectivity index (χ0n) is 16.8. The molecule has 6 nitrogen and oxygen atoms in total. The normalized spacial score (nSPS) is 21.2. The number of nitrogens with one attached hydrogen (secondary N) is 3. The van der Waals surface area contributed by atoms with Crippen molar-refractivity contribution in [3.8, 4) is 0 Å². The maximum absolute atomic E-state index is 13.1. The van der Waals surface area contributed by atoms with Gasteiger partial charge < -0.3 is 20.9 Å². The number of likely N-dealkylation sites (tertiary alicyclic amines) is 1. The van der Waals surface area contributed by atoms with Gasteiger partial charge in [-0.1, -0.05) is 24.3 Å². The van der Waals surface area contributed by atoms with E-state index in [4.69, 9.17) is 0 Å². The lowest BCUT2D eigenvalue weighted by molar-refractivity contribution is 0.0758.